The lowest BCUT2D eigenvalue weighted by Crippen LogP contribution is -2.36. The van der Waals surface area contributed by atoms with E-state index in [2.05, 4.69) is 15.0 Å². The number of piperidine rings is 1. The summed E-state index contributed by atoms with van der Waals surface area (Å²) in [5.74, 6) is 0.320. The van der Waals surface area contributed by atoms with E-state index in [1.54, 1.807) is 6.92 Å². The first kappa shape index (κ1) is 16.1. The van der Waals surface area contributed by atoms with Gasteiger partial charge in [0.1, 0.15) is 6.54 Å². The van der Waals surface area contributed by atoms with E-state index >= 15 is 0 Å². The van der Waals surface area contributed by atoms with Crippen LogP contribution in [-0.4, -0.2) is 47.3 Å². The first-order chi connectivity index (χ1) is 9.89. The van der Waals surface area contributed by atoms with Crippen LogP contribution in [0.1, 0.15) is 26.2 Å². The largest absolute Gasteiger partial charge is 0.406 e. The number of nitrogens with zero attached hydrogens (tertiary/aromatic N) is 5. The Bertz CT molecular complexity index is 476. The molecular weight excluding hydrogens is 307 g/mol. The van der Waals surface area contributed by atoms with Crippen LogP contribution in [0.3, 0.4) is 0 Å². The summed E-state index contributed by atoms with van der Waals surface area (Å²) in [7, 11) is 0. The molecule has 0 bridgehead atoms. The number of halogens is 4. The van der Waals surface area contributed by atoms with Crippen LogP contribution in [-0.2, 0) is 0 Å². The van der Waals surface area contributed by atoms with Gasteiger partial charge in [-0.25, -0.2) is 0 Å². The summed E-state index contributed by atoms with van der Waals surface area (Å²) in [6.07, 6.45) is -1.16. The predicted molar refractivity (Wildman–Crippen MR) is 74.8 cm³/mol. The Morgan fingerprint density at radius 3 is 2.38 bits per heavy atom. The van der Waals surface area contributed by atoms with Crippen LogP contribution in [0.25, 0.3) is 0 Å². The molecule has 0 aromatic carbocycles. The second-order valence-corrected chi connectivity index (χ2v) is 5.22. The molecule has 1 aliphatic rings. The third-order valence-corrected chi connectivity index (χ3v) is 3.43. The maximum atomic E-state index is 12.6. The first-order valence-electron chi connectivity index (χ1n) is 6.87. The zero-order valence-electron chi connectivity index (χ0n) is 11.7. The summed E-state index contributed by atoms with van der Waals surface area (Å²) in [6.45, 7) is 2.21. The van der Waals surface area contributed by atoms with Crippen molar-refractivity contribution in [3.63, 3.8) is 0 Å². The Balaban J connectivity index is 2.24. The van der Waals surface area contributed by atoms with Crippen molar-refractivity contribution >= 4 is 23.5 Å². The minimum atomic E-state index is -4.32. The van der Waals surface area contributed by atoms with Crippen molar-refractivity contribution in [2.45, 2.75) is 32.4 Å². The standard InChI is InChI=1S/C12H17ClF3N5/c1-2-20(8-12(14,15)16)10-17-9(13)18-11(19-10)21-6-4-3-5-7-21/h2-8H2,1H3. The van der Waals surface area contributed by atoms with Gasteiger partial charge in [0.15, 0.2) is 0 Å². The second kappa shape index (κ2) is 6.64. The smallest absolute Gasteiger partial charge is 0.341 e. The van der Waals surface area contributed by atoms with E-state index in [9.17, 15) is 13.2 Å². The fourth-order valence-electron chi connectivity index (χ4n) is 2.25. The Hall–Kier alpha value is -1.31. The van der Waals surface area contributed by atoms with Crippen LogP contribution >= 0.6 is 11.6 Å². The molecule has 1 aliphatic heterocycles. The number of hydrogen-bond donors (Lipinski definition) is 0. The maximum absolute atomic E-state index is 12.6. The molecule has 0 atom stereocenters. The molecule has 1 saturated heterocycles. The lowest BCUT2D eigenvalue weighted by Gasteiger charge is -2.28. The number of rotatable bonds is 4. The Labute approximate surface area is 126 Å². The van der Waals surface area contributed by atoms with Gasteiger partial charge in [-0.05, 0) is 37.8 Å². The van der Waals surface area contributed by atoms with E-state index < -0.39 is 12.7 Å². The lowest BCUT2D eigenvalue weighted by molar-refractivity contribution is -0.119. The first-order valence-corrected chi connectivity index (χ1v) is 7.25. The van der Waals surface area contributed by atoms with Crippen LogP contribution < -0.4 is 9.80 Å². The third-order valence-electron chi connectivity index (χ3n) is 3.26. The average Bonchev–Trinajstić information content (AvgIpc) is 2.44. The molecule has 0 radical (unpaired) electrons. The molecule has 1 aromatic rings. The average molecular weight is 324 g/mol. The fraction of sp³-hybridized carbons (Fsp3) is 0.750. The summed E-state index contributed by atoms with van der Waals surface area (Å²) in [6, 6.07) is 0. The van der Waals surface area contributed by atoms with E-state index in [1.165, 1.54) is 0 Å². The van der Waals surface area contributed by atoms with Crippen molar-refractivity contribution in [1.82, 2.24) is 15.0 Å². The fourth-order valence-corrected chi connectivity index (χ4v) is 2.40. The number of hydrogen-bond acceptors (Lipinski definition) is 5. The molecular formula is C12H17ClF3N5. The zero-order chi connectivity index (χ0) is 15.5. The molecule has 0 saturated carbocycles. The van der Waals surface area contributed by atoms with Crippen molar-refractivity contribution < 1.29 is 13.2 Å². The van der Waals surface area contributed by atoms with Gasteiger partial charge in [0.25, 0.3) is 0 Å². The van der Waals surface area contributed by atoms with Crippen LogP contribution in [0.4, 0.5) is 25.1 Å². The molecule has 1 aromatic heterocycles. The van der Waals surface area contributed by atoms with Gasteiger partial charge in [0, 0.05) is 19.6 Å². The van der Waals surface area contributed by atoms with Gasteiger partial charge < -0.3 is 9.80 Å². The monoisotopic (exact) mass is 323 g/mol. The van der Waals surface area contributed by atoms with Crippen molar-refractivity contribution in [3.8, 4) is 0 Å². The van der Waals surface area contributed by atoms with Gasteiger partial charge >= 0.3 is 6.18 Å². The van der Waals surface area contributed by atoms with Crippen LogP contribution in [0.2, 0.25) is 5.28 Å². The van der Waals surface area contributed by atoms with Gasteiger partial charge in [-0.15, -0.1) is 0 Å². The van der Waals surface area contributed by atoms with E-state index in [-0.39, 0.29) is 17.8 Å². The zero-order valence-corrected chi connectivity index (χ0v) is 12.5. The topological polar surface area (TPSA) is 45.2 Å². The third kappa shape index (κ3) is 4.59. The molecule has 21 heavy (non-hydrogen) atoms. The summed E-state index contributed by atoms with van der Waals surface area (Å²) >= 11 is 5.84. The highest BCUT2D eigenvalue weighted by Gasteiger charge is 2.32. The van der Waals surface area contributed by atoms with Gasteiger partial charge in [-0.3, -0.25) is 0 Å². The molecule has 0 aliphatic carbocycles. The molecule has 5 nitrogen and oxygen atoms in total. The molecule has 0 spiro atoms. The molecule has 9 heteroatoms. The van der Waals surface area contributed by atoms with Gasteiger partial charge in [-0.1, -0.05) is 0 Å². The lowest BCUT2D eigenvalue weighted by atomic mass is 10.1. The van der Waals surface area contributed by atoms with Crippen molar-refractivity contribution in [1.29, 1.82) is 0 Å². The molecule has 0 amide bonds. The number of aromatic nitrogens is 3. The molecule has 2 rings (SSSR count). The van der Waals surface area contributed by atoms with Gasteiger partial charge in [-0.2, -0.15) is 28.1 Å². The molecule has 1 fully saturated rings. The Kier molecular flexibility index (Phi) is 5.08. The normalized spacial score (nSPS) is 16.1. The predicted octanol–water partition coefficient (Wildman–Crippen LogP) is 2.90. The highest BCUT2D eigenvalue weighted by molar-refractivity contribution is 6.28. The van der Waals surface area contributed by atoms with Crippen molar-refractivity contribution in [3.05, 3.63) is 5.28 Å². The minimum absolute atomic E-state index is 0.0320. The maximum Gasteiger partial charge on any atom is 0.406 e. The molecule has 2 heterocycles. The Morgan fingerprint density at radius 1 is 1.14 bits per heavy atom. The second-order valence-electron chi connectivity index (χ2n) is 4.88. The van der Waals surface area contributed by atoms with E-state index in [0.29, 0.717) is 5.95 Å². The van der Waals surface area contributed by atoms with E-state index in [1.807, 2.05) is 4.90 Å². The number of alkyl halides is 3. The van der Waals surface area contributed by atoms with E-state index in [0.717, 1.165) is 37.3 Å². The molecule has 0 unspecified atom stereocenters. The summed E-state index contributed by atoms with van der Waals surface area (Å²) in [5.41, 5.74) is 0. The molecule has 118 valence electrons. The van der Waals surface area contributed by atoms with E-state index in [4.69, 9.17) is 11.6 Å². The number of anilines is 2. The van der Waals surface area contributed by atoms with Crippen LogP contribution in [0.15, 0.2) is 0 Å². The summed E-state index contributed by atoms with van der Waals surface area (Å²) in [5, 5.41) is -0.0822. The van der Waals surface area contributed by atoms with Crippen molar-refractivity contribution in [2.75, 3.05) is 36.0 Å². The summed E-state index contributed by atoms with van der Waals surface area (Å²) in [4.78, 5) is 15.0. The van der Waals surface area contributed by atoms with Gasteiger partial charge in [0.2, 0.25) is 17.2 Å². The van der Waals surface area contributed by atoms with Crippen molar-refractivity contribution in [2.24, 2.45) is 0 Å². The SMILES string of the molecule is CCN(CC(F)(F)F)c1nc(Cl)nc(N2CCCCC2)n1. The van der Waals surface area contributed by atoms with Crippen LogP contribution in [0, 0.1) is 0 Å². The summed E-state index contributed by atoms with van der Waals surface area (Å²) < 4.78 is 37.7. The highest BCUT2D eigenvalue weighted by Crippen LogP contribution is 2.23. The molecule has 0 N–H and O–H groups in total. The van der Waals surface area contributed by atoms with Gasteiger partial charge in [0.05, 0.1) is 0 Å². The van der Waals surface area contributed by atoms with Crippen LogP contribution in [0.5, 0.6) is 0 Å². The quantitative estimate of drug-likeness (QED) is 0.852. The minimum Gasteiger partial charge on any atom is -0.341 e. The highest BCUT2D eigenvalue weighted by atomic mass is 35.5. The Morgan fingerprint density at radius 2 is 1.81 bits per heavy atom.